The molecule has 0 atom stereocenters. The van der Waals surface area contributed by atoms with Gasteiger partial charge in [0.05, 0.1) is 11.8 Å². The van der Waals surface area contributed by atoms with Gasteiger partial charge in [0.25, 0.3) is 0 Å². The summed E-state index contributed by atoms with van der Waals surface area (Å²) in [4.78, 5) is 0. The van der Waals surface area contributed by atoms with Crippen LogP contribution < -0.4 is 5.73 Å². The lowest BCUT2D eigenvalue weighted by atomic mass is 10.1. The van der Waals surface area contributed by atoms with Crippen LogP contribution in [0.5, 0.6) is 0 Å². The molecular formula is C11H10ClN5. The summed E-state index contributed by atoms with van der Waals surface area (Å²) < 4.78 is 1.52. The van der Waals surface area contributed by atoms with Crippen molar-refractivity contribution in [2.45, 2.75) is 13.1 Å². The van der Waals surface area contributed by atoms with Gasteiger partial charge in [-0.15, -0.1) is 5.10 Å². The van der Waals surface area contributed by atoms with Crippen molar-refractivity contribution in [1.29, 1.82) is 5.26 Å². The molecule has 0 aliphatic rings. The molecule has 5 nitrogen and oxygen atoms in total. The molecule has 6 heteroatoms. The normalized spacial score (nSPS) is 10.2. The van der Waals surface area contributed by atoms with Crippen LogP contribution in [0.1, 0.15) is 5.69 Å². The van der Waals surface area contributed by atoms with Crippen molar-refractivity contribution in [3.63, 3.8) is 0 Å². The predicted molar refractivity (Wildman–Crippen MR) is 64.0 cm³/mol. The summed E-state index contributed by atoms with van der Waals surface area (Å²) in [6, 6.07) is 9.34. The highest BCUT2D eigenvalue weighted by molar-refractivity contribution is 6.30. The molecule has 0 saturated carbocycles. The summed E-state index contributed by atoms with van der Waals surface area (Å²) in [6.07, 6.45) is 0. The molecule has 2 rings (SSSR count). The Balaban J connectivity index is 2.56. The zero-order chi connectivity index (χ0) is 12.3. The first kappa shape index (κ1) is 11.6. The van der Waals surface area contributed by atoms with Crippen molar-refractivity contribution in [1.82, 2.24) is 15.0 Å². The number of hydrogen-bond acceptors (Lipinski definition) is 4. The minimum absolute atomic E-state index is 0.134. The van der Waals surface area contributed by atoms with E-state index in [1.807, 2.05) is 18.2 Å². The third kappa shape index (κ3) is 2.28. The molecule has 17 heavy (non-hydrogen) atoms. The Morgan fingerprint density at radius 2 is 2.29 bits per heavy atom. The van der Waals surface area contributed by atoms with Crippen LogP contribution in [-0.4, -0.2) is 15.0 Å². The number of aromatic nitrogens is 3. The summed E-state index contributed by atoms with van der Waals surface area (Å²) in [5, 5.41) is 17.2. The number of rotatable bonds is 3. The molecule has 0 unspecified atom stereocenters. The maximum Gasteiger partial charge on any atom is 0.130 e. The minimum Gasteiger partial charge on any atom is -0.325 e. The monoisotopic (exact) mass is 247 g/mol. The third-order valence-electron chi connectivity index (χ3n) is 2.32. The molecule has 0 radical (unpaired) electrons. The van der Waals surface area contributed by atoms with Crippen molar-refractivity contribution in [2.75, 3.05) is 0 Å². The van der Waals surface area contributed by atoms with Gasteiger partial charge in [0, 0.05) is 17.1 Å². The largest absolute Gasteiger partial charge is 0.325 e. The molecular weight excluding hydrogens is 238 g/mol. The van der Waals surface area contributed by atoms with Crippen LogP contribution in [0.3, 0.4) is 0 Å². The average Bonchev–Trinajstić information content (AvgIpc) is 2.72. The van der Waals surface area contributed by atoms with Crippen LogP contribution >= 0.6 is 11.6 Å². The van der Waals surface area contributed by atoms with Gasteiger partial charge in [-0.2, -0.15) is 5.26 Å². The van der Waals surface area contributed by atoms with Crippen LogP contribution in [-0.2, 0) is 13.1 Å². The Morgan fingerprint density at radius 1 is 1.47 bits per heavy atom. The smallest absolute Gasteiger partial charge is 0.130 e. The zero-order valence-corrected chi connectivity index (χ0v) is 9.72. The molecule has 1 aromatic heterocycles. The van der Waals surface area contributed by atoms with E-state index in [9.17, 15) is 0 Å². The minimum atomic E-state index is 0.134. The number of nitrogens with two attached hydrogens (primary N) is 1. The van der Waals surface area contributed by atoms with E-state index < -0.39 is 0 Å². The zero-order valence-electron chi connectivity index (χ0n) is 8.97. The Hall–Kier alpha value is -1.90. The second-order valence-electron chi connectivity index (χ2n) is 3.41. The fraction of sp³-hybridized carbons (Fsp3) is 0.182. The molecule has 0 amide bonds. The van der Waals surface area contributed by atoms with Gasteiger partial charge >= 0.3 is 0 Å². The van der Waals surface area contributed by atoms with E-state index in [0.29, 0.717) is 10.7 Å². The lowest BCUT2D eigenvalue weighted by Gasteiger charge is -2.05. The van der Waals surface area contributed by atoms with E-state index in [-0.39, 0.29) is 13.1 Å². The van der Waals surface area contributed by atoms with Gasteiger partial charge in [0.2, 0.25) is 0 Å². The maximum atomic E-state index is 8.73. The van der Waals surface area contributed by atoms with Gasteiger partial charge in [0.1, 0.15) is 12.2 Å². The number of nitriles is 1. The standard InChI is InChI=1S/C11H10ClN5/c12-9-3-1-2-8(6-9)11-10(7-14)15-16-17(11)5-4-13/h1-3,6H,5,7,14H2. The van der Waals surface area contributed by atoms with Gasteiger partial charge in [-0.25, -0.2) is 4.68 Å². The summed E-state index contributed by atoms with van der Waals surface area (Å²) in [7, 11) is 0. The Kier molecular flexibility index (Phi) is 3.38. The van der Waals surface area contributed by atoms with Gasteiger partial charge in [0.15, 0.2) is 0 Å². The number of benzene rings is 1. The molecule has 0 spiro atoms. The summed E-state index contributed by atoms with van der Waals surface area (Å²) >= 11 is 5.94. The Bertz CT molecular complexity index is 569. The van der Waals surface area contributed by atoms with Gasteiger partial charge in [-0.3, -0.25) is 0 Å². The van der Waals surface area contributed by atoms with E-state index >= 15 is 0 Å². The second kappa shape index (κ2) is 4.95. The molecule has 0 fully saturated rings. The highest BCUT2D eigenvalue weighted by Crippen LogP contribution is 2.24. The topological polar surface area (TPSA) is 80.5 Å². The molecule has 0 bridgehead atoms. The first-order valence-electron chi connectivity index (χ1n) is 5.01. The molecule has 1 heterocycles. The molecule has 0 aliphatic heterocycles. The highest BCUT2D eigenvalue weighted by atomic mass is 35.5. The van der Waals surface area contributed by atoms with Crippen LogP contribution in [0.4, 0.5) is 0 Å². The fourth-order valence-corrected chi connectivity index (χ4v) is 1.81. The van der Waals surface area contributed by atoms with E-state index in [2.05, 4.69) is 10.3 Å². The van der Waals surface area contributed by atoms with Crippen molar-refractivity contribution in [3.8, 4) is 17.3 Å². The van der Waals surface area contributed by atoms with E-state index in [1.54, 1.807) is 12.1 Å². The summed E-state index contributed by atoms with van der Waals surface area (Å²) in [6.45, 7) is 0.405. The first-order chi connectivity index (χ1) is 8.26. The molecule has 2 aromatic rings. The van der Waals surface area contributed by atoms with Crippen molar-refractivity contribution in [3.05, 3.63) is 35.0 Å². The third-order valence-corrected chi connectivity index (χ3v) is 2.55. The van der Waals surface area contributed by atoms with Crippen molar-refractivity contribution in [2.24, 2.45) is 5.73 Å². The fourth-order valence-electron chi connectivity index (χ4n) is 1.62. The van der Waals surface area contributed by atoms with Gasteiger partial charge in [-0.1, -0.05) is 28.9 Å². The van der Waals surface area contributed by atoms with Crippen LogP contribution in [0, 0.1) is 11.3 Å². The lowest BCUT2D eigenvalue weighted by Crippen LogP contribution is -2.03. The SMILES string of the molecule is N#CCn1nnc(CN)c1-c1cccc(Cl)c1. The van der Waals surface area contributed by atoms with Crippen molar-refractivity contribution < 1.29 is 0 Å². The highest BCUT2D eigenvalue weighted by Gasteiger charge is 2.13. The number of hydrogen-bond donors (Lipinski definition) is 1. The second-order valence-corrected chi connectivity index (χ2v) is 3.85. The van der Waals surface area contributed by atoms with E-state index in [4.69, 9.17) is 22.6 Å². The molecule has 2 N–H and O–H groups in total. The van der Waals surface area contributed by atoms with E-state index in [0.717, 1.165) is 11.3 Å². The number of nitrogens with zero attached hydrogens (tertiary/aromatic N) is 4. The summed E-state index contributed by atoms with van der Waals surface area (Å²) in [5.41, 5.74) is 7.87. The quantitative estimate of drug-likeness (QED) is 0.893. The Labute approximate surface area is 103 Å². The maximum absolute atomic E-state index is 8.73. The van der Waals surface area contributed by atoms with E-state index in [1.165, 1.54) is 4.68 Å². The first-order valence-corrected chi connectivity index (χ1v) is 5.39. The van der Waals surface area contributed by atoms with Gasteiger partial charge < -0.3 is 5.73 Å². The molecule has 1 aromatic carbocycles. The molecule has 0 saturated heterocycles. The van der Waals surface area contributed by atoms with Crippen LogP contribution in [0.15, 0.2) is 24.3 Å². The predicted octanol–water partition coefficient (Wildman–Crippen LogP) is 1.58. The van der Waals surface area contributed by atoms with Gasteiger partial charge in [-0.05, 0) is 12.1 Å². The number of halogens is 1. The lowest BCUT2D eigenvalue weighted by molar-refractivity contribution is 0.673. The summed E-state index contributed by atoms with van der Waals surface area (Å²) in [5.74, 6) is 0. The molecule has 0 aliphatic carbocycles. The van der Waals surface area contributed by atoms with Crippen LogP contribution in [0.25, 0.3) is 11.3 Å². The van der Waals surface area contributed by atoms with Crippen molar-refractivity contribution >= 4 is 11.6 Å². The molecule has 86 valence electrons. The van der Waals surface area contributed by atoms with Crippen LogP contribution in [0.2, 0.25) is 5.02 Å². The Morgan fingerprint density at radius 3 is 2.94 bits per heavy atom. The average molecular weight is 248 g/mol.